The highest BCUT2D eigenvalue weighted by atomic mass is 127. The molecule has 0 N–H and O–H groups in total. The number of rotatable bonds is 5. The van der Waals surface area contributed by atoms with Gasteiger partial charge in [0.25, 0.3) is 0 Å². The SMILES string of the molecule is CC(C)(C)OC(=O)N1CCN(c2ncnc3c(OCCSI)c(Br)c(Cl)cc23)CC1. The molecule has 0 atom stereocenters. The molecular formula is C19H23BrClIN4O3S. The van der Waals surface area contributed by atoms with Crippen LogP contribution in [0.1, 0.15) is 20.8 Å². The lowest BCUT2D eigenvalue weighted by Gasteiger charge is -2.36. The van der Waals surface area contributed by atoms with E-state index >= 15 is 0 Å². The highest BCUT2D eigenvalue weighted by Gasteiger charge is 2.27. The smallest absolute Gasteiger partial charge is 0.410 e. The Hall–Kier alpha value is -0.720. The Kier molecular flexibility index (Phi) is 8.19. The van der Waals surface area contributed by atoms with Gasteiger partial charge in [-0.15, -0.1) is 0 Å². The molecule has 3 rings (SSSR count). The first kappa shape index (κ1) is 23.9. The van der Waals surface area contributed by atoms with Crippen LogP contribution in [0.4, 0.5) is 10.6 Å². The second kappa shape index (κ2) is 10.3. The van der Waals surface area contributed by atoms with Crippen LogP contribution in [0.15, 0.2) is 16.9 Å². The van der Waals surface area contributed by atoms with Gasteiger partial charge in [-0.05, 0) is 64.0 Å². The highest BCUT2D eigenvalue weighted by molar-refractivity contribution is 14.2. The Morgan fingerprint density at radius 2 is 2.00 bits per heavy atom. The molecule has 0 spiro atoms. The largest absolute Gasteiger partial charge is 0.489 e. The van der Waals surface area contributed by atoms with Gasteiger partial charge in [-0.1, -0.05) is 20.5 Å². The van der Waals surface area contributed by atoms with E-state index in [1.165, 1.54) is 6.33 Å². The van der Waals surface area contributed by atoms with Crippen molar-refractivity contribution in [1.29, 1.82) is 0 Å². The fourth-order valence-corrected chi connectivity index (χ4v) is 4.39. The Morgan fingerprint density at radius 3 is 2.63 bits per heavy atom. The lowest BCUT2D eigenvalue weighted by molar-refractivity contribution is 0.0240. The fourth-order valence-electron chi connectivity index (χ4n) is 3.09. The summed E-state index contributed by atoms with van der Waals surface area (Å²) in [5.41, 5.74) is 0.206. The van der Waals surface area contributed by atoms with Crippen molar-refractivity contribution in [2.24, 2.45) is 0 Å². The van der Waals surface area contributed by atoms with E-state index in [2.05, 4.69) is 52.0 Å². The average Bonchev–Trinajstić information content (AvgIpc) is 2.69. The quantitative estimate of drug-likeness (QED) is 0.317. The Balaban J connectivity index is 1.83. The zero-order valence-electron chi connectivity index (χ0n) is 17.0. The molecule has 0 aliphatic carbocycles. The predicted molar refractivity (Wildman–Crippen MR) is 134 cm³/mol. The molecular weight excluding hydrogens is 607 g/mol. The minimum absolute atomic E-state index is 0.287. The molecule has 30 heavy (non-hydrogen) atoms. The molecule has 0 saturated carbocycles. The number of fused-ring (bicyclic) bond motifs is 1. The summed E-state index contributed by atoms with van der Waals surface area (Å²) in [4.78, 5) is 25.2. The zero-order chi connectivity index (χ0) is 21.9. The number of aromatic nitrogens is 2. The molecule has 1 saturated heterocycles. The second-order valence-corrected chi connectivity index (χ2v) is 11.4. The third-order valence-corrected chi connectivity index (χ3v) is 7.35. The van der Waals surface area contributed by atoms with Crippen molar-refractivity contribution >= 4 is 80.5 Å². The number of anilines is 1. The topological polar surface area (TPSA) is 67.8 Å². The van der Waals surface area contributed by atoms with Crippen molar-refractivity contribution in [2.75, 3.05) is 43.4 Å². The van der Waals surface area contributed by atoms with Crippen molar-refractivity contribution in [3.05, 3.63) is 21.9 Å². The number of carbonyl (C=O) groups excluding carboxylic acids is 1. The lowest BCUT2D eigenvalue weighted by atomic mass is 10.2. The van der Waals surface area contributed by atoms with E-state index in [4.69, 9.17) is 21.1 Å². The summed E-state index contributed by atoms with van der Waals surface area (Å²) in [6.45, 7) is 8.55. The van der Waals surface area contributed by atoms with E-state index in [0.717, 1.165) is 17.0 Å². The average molecular weight is 630 g/mol. The van der Waals surface area contributed by atoms with Gasteiger partial charge in [0.2, 0.25) is 0 Å². The van der Waals surface area contributed by atoms with Gasteiger partial charge >= 0.3 is 6.09 Å². The van der Waals surface area contributed by atoms with Gasteiger partial charge in [0.1, 0.15) is 23.3 Å². The maximum absolute atomic E-state index is 12.3. The predicted octanol–water partition coefficient (Wildman–Crippen LogP) is 5.56. The molecule has 2 aromatic rings. The number of halogens is 3. The van der Waals surface area contributed by atoms with E-state index in [9.17, 15) is 4.79 Å². The molecule has 1 fully saturated rings. The number of ether oxygens (including phenoxy) is 2. The van der Waals surface area contributed by atoms with Gasteiger partial charge in [-0.2, -0.15) is 0 Å². The molecule has 7 nitrogen and oxygen atoms in total. The number of nitrogens with zero attached hydrogens (tertiary/aromatic N) is 4. The Bertz CT molecular complexity index is 923. The monoisotopic (exact) mass is 628 g/mol. The molecule has 0 radical (unpaired) electrons. The van der Waals surface area contributed by atoms with Crippen LogP contribution in [-0.4, -0.2) is 65.1 Å². The molecule has 1 aromatic heterocycles. The van der Waals surface area contributed by atoms with Gasteiger partial charge in [-0.3, -0.25) is 0 Å². The van der Waals surface area contributed by atoms with E-state index in [1.807, 2.05) is 26.8 Å². The highest BCUT2D eigenvalue weighted by Crippen LogP contribution is 2.41. The Labute approximate surface area is 205 Å². The molecule has 1 aromatic carbocycles. The number of amides is 1. The van der Waals surface area contributed by atoms with E-state index in [0.29, 0.717) is 53.5 Å². The first-order valence-electron chi connectivity index (χ1n) is 9.43. The van der Waals surface area contributed by atoms with Crippen LogP contribution >= 0.6 is 57.7 Å². The summed E-state index contributed by atoms with van der Waals surface area (Å²) >= 11 is 12.2. The van der Waals surface area contributed by atoms with Crippen LogP contribution in [0.3, 0.4) is 0 Å². The van der Waals surface area contributed by atoms with Crippen molar-refractivity contribution in [3.8, 4) is 5.75 Å². The second-order valence-electron chi connectivity index (χ2n) is 7.71. The number of carbonyl (C=O) groups is 1. The lowest BCUT2D eigenvalue weighted by Crippen LogP contribution is -2.50. The third-order valence-electron chi connectivity index (χ3n) is 4.40. The summed E-state index contributed by atoms with van der Waals surface area (Å²) < 4.78 is 12.1. The van der Waals surface area contributed by atoms with Crippen LogP contribution in [0, 0.1) is 0 Å². The molecule has 1 amide bonds. The minimum atomic E-state index is -0.507. The minimum Gasteiger partial charge on any atom is -0.489 e. The van der Waals surface area contributed by atoms with Crippen molar-refractivity contribution in [1.82, 2.24) is 14.9 Å². The maximum Gasteiger partial charge on any atom is 0.410 e. The van der Waals surface area contributed by atoms with E-state index in [-0.39, 0.29) is 6.09 Å². The van der Waals surface area contributed by atoms with Crippen LogP contribution in [0.2, 0.25) is 5.02 Å². The first-order valence-corrected chi connectivity index (χ1v) is 14.1. The molecule has 1 aliphatic rings. The Morgan fingerprint density at radius 1 is 1.30 bits per heavy atom. The van der Waals surface area contributed by atoms with Gasteiger partial charge in [-0.25, -0.2) is 14.8 Å². The van der Waals surface area contributed by atoms with Crippen LogP contribution in [-0.2, 0) is 4.74 Å². The molecule has 0 unspecified atom stereocenters. The standard InChI is InChI=1S/C19H23BrClIN4O3S/c1-19(2,3)29-18(27)26-6-4-25(5-7-26)17-12-10-13(21)14(20)16(28-8-9-30-22)15(12)23-11-24-17/h10-11H,4-9H2,1-3H3. The number of benzene rings is 1. The molecule has 11 heteroatoms. The van der Waals surface area contributed by atoms with Crippen molar-refractivity contribution in [3.63, 3.8) is 0 Å². The summed E-state index contributed by atoms with van der Waals surface area (Å²) in [7, 11) is 1.68. The molecule has 164 valence electrons. The van der Waals surface area contributed by atoms with E-state index < -0.39 is 5.60 Å². The molecule has 0 bridgehead atoms. The summed E-state index contributed by atoms with van der Waals surface area (Å²) in [6.07, 6.45) is 1.25. The number of piperazine rings is 1. The third kappa shape index (κ3) is 5.74. The van der Waals surface area contributed by atoms with Gasteiger partial charge in [0.15, 0.2) is 5.75 Å². The zero-order valence-corrected chi connectivity index (χ0v) is 22.3. The van der Waals surface area contributed by atoms with Crippen molar-refractivity contribution < 1.29 is 14.3 Å². The van der Waals surface area contributed by atoms with Crippen molar-refractivity contribution in [2.45, 2.75) is 26.4 Å². The van der Waals surface area contributed by atoms with Gasteiger partial charge < -0.3 is 19.3 Å². The first-order chi connectivity index (χ1) is 14.2. The number of hydrogen-bond donors (Lipinski definition) is 0. The summed E-state index contributed by atoms with van der Waals surface area (Å²) in [5.74, 6) is 2.26. The van der Waals surface area contributed by atoms with Crippen LogP contribution in [0.25, 0.3) is 10.9 Å². The van der Waals surface area contributed by atoms with Gasteiger partial charge in [0.05, 0.1) is 16.1 Å². The van der Waals surface area contributed by atoms with Gasteiger partial charge in [0, 0.05) is 37.3 Å². The fraction of sp³-hybridized carbons (Fsp3) is 0.526. The maximum atomic E-state index is 12.3. The molecule has 2 heterocycles. The molecule has 1 aliphatic heterocycles. The summed E-state index contributed by atoms with van der Waals surface area (Å²) in [5, 5.41) is 1.37. The summed E-state index contributed by atoms with van der Waals surface area (Å²) in [6, 6.07) is 1.86. The normalized spacial score (nSPS) is 14.9. The van der Waals surface area contributed by atoms with E-state index in [1.54, 1.807) is 13.8 Å². The van der Waals surface area contributed by atoms with Crippen LogP contribution in [0.5, 0.6) is 5.75 Å². The van der Waals surface area contributed by atoms with Crippen LogP contribution < -0.4 is 9.64 Å². The number of hydrogen-bond acceptors (Lipinski definition) is 7.